The molecule has 0 fully saturated rings. The van der Waals surface area contributed by atoms with Crippen LogP contribution in [0.1, 0.15) is 44.2 Å². The minimum absolute atomic E-state index is 0.0663. The lowest BCUT2D eigenvalue weighted by molar-refractivity contribution is -0.121. The highest BCUT2D eigenvalue weighted by Crippen LogP contribution is 2.33. The zero-order valence-electron chi connectivity index (χ0n) is 14.8. The Morgan fingerprint density at radius 3 is 2.76 bits per heavy atom. The van der Waals surface area contributed by atoms with Crippen LogP contribution in [0.2, 0.25) is 0 Å². The zero-order chi connectivity index (χ0) is 18.0. The van der Waals surface area contributed by atoms with Crippen molar-refractivity contribution in [2.45, 2.75) is 38.6 Å². The number of rotatable bonds is 6. The summed E-state index contributed by atoms with van der Waals surface area (Å²) in [5.74, 6) is 0.327. The molecule has 0 aliphatic carbocycles. The van der Waals surface area contributed by atoms with Gasteiger partial charge in [0.25, 0.3) is 0 Å². The van der Waals surface area contributed by atoms with E-state index >= 15 is 0 Å². The van der Waals surface area contributed by atoms with Gasteiger partial charge in [-0.2, -0.15) is 0 Å². The van der Waals surface area contributed by atoms with Gasteiger partial charge < -0.3 is 14.7 Å². The molecule has 1 atom stereocenters. The van der Waals surface area contributed by atoms with Gasteiger partial charge in [-0.05, 0) is 36.1 Å². The van der Waals surface area contributed by atoms with Crippen LogP contribution < -0.4 is 5.32 Å². The average molecular weight is 337 g/mol. The summed E-state index contributed by atoms with van der Waals surface area (Å²) in [6.45, 7) is 4.30. The first-order valence-electron chi connectivity index (χ1n) is 8.61. The maximum Gasteiger partial charge on any atom is 0.219 e. The Labute approximate surface area is 147 Å². The summed E-state index contributed by atoms with van der Waals surface area (Å²) < 4.78 is 1.98. The Balaban J connectivity index is 2.20. The van der Waals surface area contributed by atoms with Crippen molar-refractivity contribution in [1.29, 1.82) is 0 Å². The summed E-state index contributed by atoms with van der Waals surface area (Å²) in [4.78, 5) is 28.0. The molecular weight excluding hydrogens is 314 g/mol. The van der Waals surface area contributed by atoms with E-state index in [1.54, 1.807) is 13.2 Å². The summed E-state index contributed by atoms with van der Waals surface area (Å²) >= 11 is 0. The quantitative estimate of drug-likeness (QED) is 0.699. The number of aldehydes is 1. The van der Waals surface area contributed by atoms with Crippen molar-refractivity contribution in [2.75, 3.05) is 7.05 Å². The summed E-state index contributed by atoms with van der Waals surface area (Å²) in [5.41, 5.74) is 2.99. The lowest BCUT2D eigenvalue weighted by Gasteiger charge is -2.15. The predicted octanol–water partition coefficient (Wildman–Crippen LogP) is 3.58. The van der Waals surface area contributed by atoms with Gasteiger partial charge in [-0.15, -0.1) is 0 Å². The second-order valence-corrected chi connectivity index (χ2v) is 6.59. The number of aromatic nitrogens is 2. The van der Waals surface area contributed by atoms with Crippen molar-refractivity contribution >= 4 is 34.1 Å². The maximum absolute atomic E-state index is 11.8. The van der Waals surface area contributed by atoms with E-state index in [-0.39, 0.29) is 5.91 Å². The highest BCUT2D eigenvalue weighted by Gasteiger charge is 2.20. The van der Waals surface area contributed by atoms with E-state index in [0.717, 1.165) is 28.2 Å². The topological polar surface area (TPSA) is 64.0 Å². The number of fused-ring (bicyclic) bond motifs is 3. The second kappa shape index (κ2) is 7.05. The molecule has 0 radical (unpaired) electrons. The number of nitrogens with one attached hydrogen (secondary N) is 1. The van der Waals surface area contributed by atoms with Gasteiger partial charge in [0.15, 0.2) is 0 Å². The standard InChI is InChI=1S/C20H23N3O2/c1-13(2)14-6-8-16-17-5-4-10-22-20(17)23(18(16)11-14)15(12-24)7-9-19(25)21-3/h4-6,8,10-13,15H,7,9H2,1-3H3,(H,21,25). The van der Waals surface area contributed by atoms with Crippen LogP contribution in [0.4, 0.5) is 0 Å². The van der Waals surface area contributed by atoms with Gasteiger partial charge in [0.05, 0.1) is 11.6 Å². The highest BCUT2D eigenvalue weighted by atomic mass is 16.1. The Bertz CT molecular complexity index is 927. The third-order valence-electron chi connectivity index (χ3n) is 4.69. The third kappa shape index (κ3) is 3.14. The molecule has 1 amide bonds. The summed E-state index contributed by atoms with van der Waals surface area (Å²) in [6, 6.07) is 9.88. The summed E-state index contributed by atoms with van der Waals surface area (Å²) in [5, 5.41) is 4.72. The van der Waals surface area contributed by atoms with E-state index in [9.17, 15) is 9.59 Å². The van der Waals surface area contributed by atoms with Gasteiger partial charge in [-0.1, -0.05) is 26.0 Å². The minimum atomic E-state index is -0.422. The van der Waals surface area contributed by atoms with Gasteiger partial charge in [0.1, 0.15) is 11.9 Å². The smallest absolute Gasteiger partial charge is 0.219 e. The maximum atomic E-state index is 11.8. The Morgan fingerprint density at radius 2 is 2.08 bits per heavy atom. The molecule has 3 rings (SSSR count). The summed E-state index contributed by atoms with van der Waals surface area (Å²) in [7, 11) is 1.61. The van der Waals surface area contributed by atoms with E-state index in [4.69, 9.17) is 0 Å². The van der Waals surface area contributed by atoms with Crippen LogP contribution in [0.3, 0.4) is 0 Å². The molecule has 5 nitrogen and oxygen atoms in total. The normalized spacial score (nSPS) is 12.6. The first-order chi connectivity index (χ1) is 12.1. The SMILES string of the molecule is CNC(=O)CCC(C=O)n1c2cc(C(C)C)ccc2c2cccnc21. The highest BCUT2D eigenvalue weighted by molar-refractivity contribution is 6.07. The molecule has 25 heavy (non-hydrogen) atoms. The van der Waals surface area contributed by atoms with Gasteiger partial charge in [0, 0.05) is 30.4 Å². The van der Waals surface area contributed by atoms with Gasteiger partial charge >= 0.3 is 0 Å². The molecule has 2 aromatic heterocycles. The van der Waals surface area contributed by atoms with Crippen molar-refractivity contribution < 1.29 is 9.59 Å². The molecule has 5 heteroatoms. The van der Waals surface area contributed by atoms with Crippen LogP contribution in [-0.2, 0) is 9.59 Å². The molecule has 0 saturated heterocycles. The number of amides is 1. The Morgan fingerprint density at radius 1 is 1.28 bits per heavy atom. The van der Waals surface area contributed by atoms with Gasteiger partial charge in [-0.25, -0.2) is 4.98 Å². The first-order valence-corrected chi connectivity index (χ1v) is 8.61. The van der Waals surface area contributed by atoms with Crippen LogP contribution in [0, 0.1) is 0 Å². The number of hydrogen-bond acceptors (Lipinski definition) is 3. The molecule has 2 heterocycles. The van der Waals surface area contributed by atoms with E-state index in [1.165, 1.54) is 5.56 Å². The number of carbonyl (C=O) groups excluding carboxylic acids is 2. The van der Waals surface area contributed by atoms with Crippen LogP contribution in [0.15, 0.2) is 36.5 Å². The summed E-state index contributed by atoms with van der Waals surface area (Å²) in [6.07, 6.45) is 3.41. The third-order valence-corrected chi connectivity index (χ3v) is 4.69. The van der Waals surface area contributed by atoms with E-state index in [0.29, 0.717) is 18.8 Å². The van der Waals surface area contributed by atoms with Crippen LogP contribution >= 0.6 is 0 Å². The molecule has 0 spiro atoms. The minimum Gasteiger partial charge on any atom is -0.359 e. The van der Waals surface area contributed by atoms with Gasteiger partial charge in [0.2, 0.25) is 5.91 Å². The van der Waals surface area contributed by atoms with E-state index < -0.39 is 6.04 Å². The molecule has 1 N–H and O–H groups in total. The predicted molar refractivity (Wildman–Crippen MR) is 99.7 cm³/mol. The second-order valence-electron chi connectivity index (χ2n) is 6.59. The lowest BCUT2D eigenvalue weighted by atomic mass is 10.0. The fourth-order valence-electron chi connectivity index (χ4n) is 3.25. The molecule has 1 unspecified atom stereocenters. The Kier molecular flexibility index (Phi) is 4.83. The van der Waals surface area contributed by atoms with Crippen molar-refractivity contribution in [1.82, 2.24) is 14.9 Å². The molecule has 3 aromatic rings. The first kappa shape index (κ1) is 17.1. The number of hydrogen-bond donors (Lipinski definition) is 1. The van der Waals surface area contributed by atoms with Crippen LogP contribution in [0.5, 0.6) is 0 Å². The molecule has 0 aliphatic heterocycles. The van der Waals surface area contributed by atoms with Crippen molar-refractivity contribution in [2.24, 2.45) is 0 Å². The van der Waals surface area contributed by atoms with Gasteiger partial charge in [-0.3, -0.25) is 4.79 Å². The molecular formula is C20H23N3O2. The van der Waals surface area contributed by atoms with Crippen molar-refractivity contribution in [3.05, 3.63) is 42.1 Å². The lowest BCUT2D eigenvalue weighted by Crippen LogP contribution is -2.20. The fraction of sp³-hybridized carbons (Fsp3) is 0.350. The molecule has 1 aromatic carbocycles. The van der Waals surface area contributed by atoms with Crippen molar-refractivity contribution in [3.8, 4) is 0 Å². The van der Waals surface area contributed by atoms with E-state index in [2.05, 4.69) is 42.3 Å². The zero-order valence-corrected chi connectivity index (χ0v) is 14.8. The molecule has 0 aliphatic rings. The number of nitrogens with zero attached hydrogens (tertiary/aromatic N) is 2. The van der Waals surface area contributed by atoms with E-state index in [1.807, 2.05) is 16.7 Å². The van der Waals surface area contributed by atoms with Crippen LogP contribution in [0.25, 0.3) is 21.9 Å². The monoisotopic (exact) mass is 337 g/mol. The Hall–Kier alpha value is -2.69. The van der Waals surface area contributed by atoms with Crippen molar-refractivity contribution in [3.63, 3.8) is 0 Å². The molecule has 0 saturated carbocycles. The number of pyridine rings is 1. The fourth-order valence-corrected chi connectivity index (χ4v) is 3.25. The molecule has 0 bridgehead atoms. The molecule has 130 valence electrons. The largest absolute Gasteiger partial charge is 0.359 e. The number of carbonyl (C=O) groups is 2. The number of benzene rings is 1. The average Bonchev–Trinajstić information content (AvgIpc) is 2.96. The van der Waals surface area contributed by atoms with Crippen LogP contribution in [-0.4, -0.2) is 28.8 Å².